The molecule has 1 aromatic carbocycles. The Hall–Kier alpha value is -0.570. The molecule has 1 heterocycles. The Bertz CT molecular complexity index is 733. The number of sulfonamides is 1. The van der Waals surface area contributed by atoms with Crippen LogP contribution in [-0.2, 0) is 14.8 Å². The number of alkyl halides is 3. The highest BCUT2D eigenvalue weighted by Gasteiger charge is 2.59. The first kappa shape index (κ1) is 21.7. The smallest absolute Gasteiger partial charge is 0.257 e. The zero-order chi connectivity index (χ0) is 19.5. The predicted molar refractivity (Wildman–Crippen MR) is 104 cm³/mol. The molecule has 0 saturated carbocycles. The van der Waals surface area contributed by atoms with E-state index in [4.69, 9.17) is 34.8 Å². The van der Waals surface area contributed by atoms with Gasteiger partial charge in [-0.25, -0.2) is 8.42 Å². The van der Waals surface area contributed by atoms with E-state index in [0.29, 0.717) is 13.0 Å². The van der Waals surface area contributed by atoms with Crippen molar-refractivity contribution >= 4 is 50.7 Å². The summed E-state index contributed by atoms with van der Waals surface area (Å²) in [6.45, 7) is 1.14. The van der Waals surface area contributed by atoms with Gasteiger partial charge in [0.25, 0.3) is 5.91 Å². The van der Waals surface area contributed by atoms with Crippen LogP contribution in [0.4, 0.5) is 0 Å². The Labute approximate surface area is 169 Å². The summed E-state index contributed by atoms with van der Waals surface area (Å²) in [5, 5.41) is 1.90. The number of amides is 1. The molecule has 0 aliphatic carbocycles. The van der Waals surface area contributed by atoms with Crippen molar-refractivity contribution in [3.05, 3.63) is 30.3 Å². The van der Waals surface area contributed by atoms with Crippen LogP contribution in [0.2, 0.25) is 0 Å². The summed E-state index contributed by atoms with van der Waals surface area (Å²) in [4.78, 5) is 12.8. The molecule has 2 rings (SSSR count). The monoisotopic (exact) mass is 441 g/mol. The normalized spacial score (nSPS) is 27.0. The molecule has 1 N–H and O–H groups in total. The third kappa shape index (κ3) is 4.46. The predicted octanol–water partition coefficient (Wildman–Crippen LogP) is 2.26. The van der Waals surface area contributed by atoms with Crippen LogP contribution in [-0.4, -0.2) is 66.6 Å². The van der Waals surface area contributed by atoms with E-state index in [2.05, 4.69) is 5.32 Å². The SMILES string of the molecule is CN(C)CCCNC(=O)C1(Cl)CC(Cl)C(Cl)N1S(=O)(=O)c1ccccc1. The number of hydrogen-bond acceptors (Lipinski definition) is 4. The van der Waals surface area contributed by atoms with Gasteiger partial charge in [-0.3, -0.25) is 4.79 Å². The Morgan fingerprint density at radius 1 is 1.31 bits per heavy atom. The average Bonchev–Trinajstić information content (AvgIpc) is 2.82. The molecule has 0 spiro atoms. The number of carbonyl (C=O) groups excluding carboxylic acids is 1. The van der Waals surface area contributed by atoms with E-state index < -0.39 is 31.8 Å². The average molecular weight is 443 g/mol. The molecule has 1 saturated heterocycles. The molecule has 0 aromatic heterocycles. The van der Waals surface area contributed by atoms with Crippen LogP contribution in [0.25, 0.3) is 0 Å². The van der Waals surface area contributed by atoms with Crippen LogP contribution < -0.4 is 5.32 Å². The highest BCUT2D eigenvalue weighted by atomic mass is 35.5. The number of nitrogens with zero attached hydrogens (tertiary/aromatic N) is 2. The van der Waals surface area contributed by atoms with E-state index in [1.807, 2.05) is 19.0 Å². The Morgan fingerprint density at radius 3 is 2.50 bits per heavy atom. The van der Waals surface area contributed by atoms with Gasteiger partial charge in [-0.15, -0.1) is 27.5 Å². The molecular formula is C16H22Cl3N3O3S. The topological polar surface area (TPSA) is 69.7 Å². The summed E-state index contributed by atoms with van der Waals surface area (Å²) in [7, 11) is -0.256. The number of carbonyl (C=O) groups is 1. The lowest BCUT2D eigenvalue weighted by molar-refractivity contribution is -0.126. The second kappa shape index (κ2) is 8.63. The fraction of sp³-hybridized carbons (Fsp3) is 0.562. The largest absolute Gasteiger partial charge is 0.353 e. The standard InChI is InChI=1S/C16H22Cl3N3O3S/c1-21(2)10-6-9-20-15(23)16(19)11-13(17)14(18)22(16)26(24,25)12-7-4-3-5-8-12/h3-5,7-8,13-14H,6,9-11H2,1-2H3,(H,20,23). The molecule has 3 atom stereocenters. The van der Waals surface area contributed by atoms with Gasteiger partial charge in [0.15, 0.2) is 5.00 Å². The molecule has 6 nitrogen and oxygen atoms in total. The summed E-state index contributed by atoms with van der Waals surface area (Å²) in [6.07, 6.45) is 0.613. The van der Waals surface area contributed by atoms with Crippen LogP contribution in [0, 0.1) is 0 Å². The Kier molecular flexibility index (Phi) is 7.21. The highest BCUT2D eigenvalue weighted by Crippen LogP contribution is 2.45. The van der Waals surface area contributed by atoms with E-state index in [1.54, 1.807) is 18.2 Å². The molecule has 3 unspecified atom stereocenters. The van der Waals surface area contributed by atoms with Crippen LogP contribution in [0.5, 0.6) is 0 Å². The second-order valence-corrected chi connectivity index (χ2v) is 9.83. The minimum absolute atomic E-state index is 0.00171. The zero-order valence-corrected chi connectivity index (χ0v) is 17.6. The molecular weight excluding hydrogens is 421 g/mol. The third-order valence-electron chi connectivity index (χ3n) is 4.05. The molecule has 1 amide bonds. The van der Waals surface area contributed by atoms with Crippen molar-refractivity contribution in [1.29, 1.82) is 0 Å². The maximum atomic E-state index is 13.0. The number of hydrogen-bond donors (Lipinski definition) is 1. The van der Waals surface area contributed by atoms with E-state index in [1.165, 1.54) is 12.1 Å². The van der Waals surface area contributed by atoms with Crippen molar-refractivity contribution in [2.45, 2.75) is 33.6 Å². The number of rotatable bonds is 7. The van der Waals surface area contributed by atoms with Crippen LogP contribution >= 0.6 is 34.8 Å². The number of benzene rings is 1. The Balaban J connectivity index is 2.26. The van der Waals surface area contributed by atoms with Gasteiger partial charge in [0, 0.05) is 13.0 Å². The third-order valence-corrected chi connectivity index (χ3v) is 7.72. The quantitative estimate of drug-likeness (QED) is 0.399. The van der Waals surface area contributed by atoms with Gasteiger partial charge in [0.05, 0.1) is 10.3 Å². The number of nitrogens with one attached hydrogen (secondary N) is 1. The number of halogens is 3. The van der Waals surface area contributed by atoms with Crippen molar-refractivity contribution in [2.24, 2.45) is 0 Å². The maximum absolute atomic E-state index is 13.0. The van der Waals surface area contributed by atoms with Gasteiger partial charge < -0.3 is 10.2 Å². The first-order chi connectivity index (χ1) is 12.1. The molecule has 26 heavy (non-hydrogen) atoms. The van der Waals surface area contributed by atoms with Crippen LogP contribution in [0.1, 0.15) is 12.8 Å². The van der Waals surface area contributed by atoms with Gasteiger partial charge >= 0.3 is 0 Å². The molecule has 1 fully saturated rings. The molecule has 146 valence electrons. The molecule has 0 radical (unpaired) electrons. The fourth-order valence-electron chi connectivity index (χ4n) is 2.74. The van der Waals surface area contributed by atoms with E-state index in [9.17, 15) is 13.2 Å². The van der Waals surface area contributed by atoms with Gasteiger partial charge in [-0.2, -0.15) is 0 Å². The summed E-state index contributed by atoms with van der Waals surface area (Å²) in [5.41, 5.74) is -1.13. The Morgan fingerprint density at radius 2 is 1.92 bits per heavy atom. The molecule has 1 aliphatic heterocycles. The van der Waals surface area contributed by atoms with Crippen molar-refractivity contribution < 1.29 is 13.2 Å². The highest BCUT2D eigenvalue weighted by molar-refractivity contribution is 7.89. The first-order valence-corrected chi connectivity index (χ1v) is 10.8. The van der Waals surface area contributed by atoms with Crippen molar-refractivity contribution in [3.8, 4) is 0 Å². The van der Waals surface area contributed by atoms with Crippen LogP contribution in [0.3, 0.4) is 0 Å². The van der Waals surface area contributed by atoms with Crippen molar-refractivity contribution in [2.75, 3.05) is 27.2 Å². The van der Waals surface area contributed by atoms with E-state index in [-0.39, 0.29) is 11.3 Å². The lowest BCUT2D eigenvalue weighted by Gasteiger charge is -2.32. The summed E-state index contributed by atoms with van der Waals surface area (Å²) in [5.74, 6) is -0.619. The van der Waals surface area contributed by atoms with Crippen molar-refractivity contribution in [1.82, 2.24) is 14.5 Å². The first-order valence-electron chi connectivity index (χ1n) is 8.10. The fourth-order valence-corrected chi connectivity index (χ4v) is 6.13. The van der Waals surface area contributed by atoms with Crippen LogP contribution in [0.15, 0.2) is 35.2 Å². The minimum atomic E-state index is -4.10. The lowest BCUT2D eigenvalue weighted by Crippen LogP contribution is -2.55. The minimum Gasteiger partial charge on any atom is -0.353 e. The van der Waals surface area contributed by atoms with Gasteiger partial charge in [-0.1, -0.05) is 29.8 Å². The summed E-state index contributed by atoms with van der Waals surface area (Å²) < 4.78 is 26.9. The van der Waals surface area contributed by atoms with Crippen molar-refractivity contribution in [3.63, 3.8) is 0 Å². The summed E-state index contributed by atoms with van der Waals surface area (Å²) in [6, 6.07) is 7.71. The molecule has 10 heteroatoms. The van der Waals surface area contributed by atoms with E-state index in [0.717, 1.165) is 10.8 Å². The second-order valence-electron chi connectivity index (χ2n) is 6.38. The maximum Gasteiger partial charge on any atom is 0.257 e. The lowest BCUT2D eigenvalue weighted by atomic mass is 10.2. The van der Waals surface area contributed by atoms with E-state index >= 15 is 0 Å². The summed E-state index contributed by atoms with van der Waals surface area (Å²) >= 11 is 18.9. The zero-order valence-electron chi connectivity index (χ0n) is 14.5. The van der Waals surface area contributed by atoms with Gasteiger partial charge in [-0.05, 0) is 39.2 Å². The van der Waals surface area contributed by atoms with Gasteiger partial charge in [0.1, 0.15) is 5.50 Å². The molecule has 0 bridgehead atoms. The van der Waals surface area contributed by atoms with Gasteiger partial charge in [0.2, 0.25) is 10.0 Å². The molecule has 1 aliphatic rings. The molecule has 1 aromatic rings.